The highest BCUT2D eigenvalue weighted by atomic mass is 127. The maximum Gasteiger partial charge on any atom is 0.417 e. The zero-order chi connectivity index (χ0) is 19.9. The van der Waals surface area contributed by atoms with Crippen molar-refractivity contribution in [2.45, 2.75) is 18.6 Å². The summed E-state index contributed by atoms with van der Waals surface area (Å²) in [6.45, 7) is 5.70. The molecule has 0 spiro atoms. The molecule has 158 valence electrons. The smallest absolute Gasteiger partial charge is 0.356 e. The molecule has 0 aromatic carbocycles. The monoisotopic (exact) mass is 549 g/mol. The number of guanidine groups is 1. The molecule has 1 atom stereocenters. The average Bonchev–Trinajstić information content (AvgIpc) is 3.07. The molecule has 5 nitrogen and oxygen atoms in total. The van der Waals surface area contributed by atoms with Gasteiger partial charge in [-0.1, -0.05) is 17.7 Å². The van der Waals surface area contributed by atoms with E-state index in [-0.39, 0.29) is 35.0 Å². The topological polar surface area (TPSA) is 52.6 Å². The summed E-state index contributed by atoms with van der Waals surface area (Å²) in [5, 5.41) is 6.58. The zero-order valence-corrected chi connectivity index (χ0v) is 19.3. The molecular weight excluding hydrogens is 526 g/mol. The molecule has 1 aliphatic rings. The second kappa shape index (κ2) is 12.0. The number of anilines is 1. The summed E-state index contributed by atoms with van der Waals surface area (Å²) in [4.78, 5) is 10.0. The minimum absolute atomic E-state index is 0. The molecule has 0 bridgehead atoms. The maximum atomic E-state index is 12.7. The second-order valence-corrected chi connectivity index (χ2v) is 7.52. The van der Waals surface area contributed by atoms with E-state index in [0.717, 1.165) is 36.7 Å². The van der Waals surface area contributed by atoms with E-state index in [9.17, 15) is 13.2 Å². The molecule has 1 fully saturated rings. The van der Waals surface area contributed by atoms with Gasteiger partial charge >= 0.3 is 6.18 Å². The predicted octanol–water partition coefficient (Wildman–Crippen LogP) is 4.03. The summed E-state index contributed by atoms with van der Waals surface area (Å²) >= 11 is 7.81. The molecule has 0 aliphatic carbocycles. The predicted molar refractivity (Wildman–Crippen MR) is 122 cm³/mol. The SMILES string of the molecule is C=CCSCCNC(=NC)NC1CCN(c2ncc(C(F)(F)F)cc2Cl)C1.I. The first-order valence-electron chi connectivity index (χ1n) is 8.48. The number of thioether (sulfide) groups is 1. The lowest BCUT2D eigenvalue weighted by Gasteiger charge is -2.21. The van der Waals surface area contributed by atoms with E-state index >= 15 is 0 Å². The fourth-order valence-corrected chi connectivity index (χ4v) is 3.55. The molecule has 2 rings (SSSR count). The summed E-state index contributed by atoms with van der Waals surface area (Å²) in [5.74, 6) is 2.92. The number of halogens is 5. The van der Waals surface area contributed by atoms with Crippen LogP contribution in [0.25, 0.3) is 0 Å². The van der Waals surface area contributed by atoms with Crippen molar-refractivity contribution in [3.63, 3.8) is 0 Å². The van der Waals surface area contributed by atoms with Crippen molar-refractivity contribution < 1.29 is 13.2 Å². The Kier molecular flexibility index (Phi) is 10.7. The first-order valence-corrected chi connectivity index (χ1v) is 10.0. The lowest BCUT2D eigenvalue weighted by Crippen LogP contribution is -2.45. The van der Waals surface area contributed by atoms with Crippen LogP contribution in [0.5, 0.6) is 0 Å². The third-order valence-electron chi connectivity index (χ3n) is 3.98. The number of nitrogens with one attached hydrogen (secondary N) is 2. The van der Waals surface area contributed by atoms with Crippen molar-refractivity contribution in [2.75, 3.05) is 43.1 Å². The van der Waals surface area contributed by atoms with E-state index in [1.54, 1.807) is 18.8 Å². The third kappa shape index (κ3) is 7.51. The van der Waals surface area contributed by atoms with Crippen LogP contribution in [-0.4, -0.2) is 55.2 Å². The molecule has 11 heteroatoms. The van der Waals surface area contributed by atoms with Gasteiger partial charge < -0.3 is 15.5 Å². The van der Waals surface area contributed by atoms with E-state index in [0.29, 0.717) is 24.9 Å². The number of nitrogens with zero attached hydrogens (tertiary/aromatic N) is 3. The van der Waals surface area contributed by atoms with Crippen LogP contribution in [0.4, 0.5) is 19.0 Å². The number of alkyl halides is 3. The van der Waals surface area contributed by atoms with E-state index in [1.807, 2.05) is 11.0 Å². The van der Waals surface area contributed by atoms with Crippen molar-refractivity contribution >= 4 is 59.1 Å². The first-order chi connectivity index (χ1) is 12.8. The Bertz CT molecular complexity index is 675. The second-order valence-electron chi connectivity index (χ2n) is 5.97. The summed E-state index contributed by atoms with van der Waals surface area (Å²) in [7, 11) is 1.70. The van der Waals surface area contributed by atoms with Crippen LogP contribution in [0.1, 0.15) is 12.0 Å². The molecule has 1 aliphatic heterocycles. The molecule has 1 aromatic heterocycles. The largest absolute Gasteiger partial charge is 0.417 e. The van der Waals surface area contributed by atoms with Crippen molar-refractivity contribution in [3.8, 4) is 0 Å². The highest BCUT2D eigenvalue weighted by Crippen LogP contribution is 2.34. The number of hydrogen-bond acceptors (Lipinski definition) is 4. The Balaban J connectivity index is 0.00000392. The Morgan fingerprint density at radius 1 is 1.54 bits per heavy atom. The molecular formula is C17H24ClF3IN5S. The van der Waals surface area contributed by atoms with Crippen LogP contribution in [0.3, 0.4) is 0 Å². The Morgan fingerprint density at radius 2 is 2.29 bits per heavy atom. The Morgan fingerprint density at radius 3 is 2.89 bits per heavy atom. The molecule has 2 N–H and O–H groups in total. The van der Waals surface area contributed by atoms with E-state index < -0.39 is 11.7 Å². The van der Waals surface area contributed by atoms with Gasteiger partial charge in [0.1, 0.15) is 5.82 Å². The lowest BCUT2D eigenvalue weighted by molar-refractivity contribution is -0.137. The molecule has 1 unspecified atom stereocenters. The van der Waals surface area contributed by atoms with Crippen LogP contribution < -0.4 is 15.5 Å². The van der Waals surface area contributed by atoms with Gasteiger partial charge in [-0.3, -0.25) is 4.99 Å². The van der Waals surface area contributed by atoms with Crippen LogP contribution in [0, 0.1) is 0 Å². The minimum Gasteiger partial charge on any atom is -0.356 e. The van der Waals surface area contributed by atoms with Crippen molar-refractivity contribution in [3.05, 3.63) is 35.5 Å². The van der Waals surface area contributed by atoms with E-state index in [4.69, 9.17) is 11.6 Å². The number of rotatable bonds is 7. The Labute approximate surface area is 189 Å². The fourth-order valence-electron chi connectivity index (χ4n) is 2.69. The van der Waals surface area contributed by atoms with Gasteiger partial charge in [-0.15, -0.1) is 30.6 Å². The molecule has 2 heterocycles. The van der Waals surface area contributed by atoms with Gasteiger partial charge in [-0.05, 0) is 12.5 Å². The summed E-state index contributed by atoms with van der Waals surface area (Å²) < 4.78 is 38.2. The highest BCUT2D eigenvalue weighted by Gasteiger charge is 2.33. The summed E-state index contributed by atoms with van der Waals surface area (Å²) in [5.41, 5.74) is -0.843. The van der Waals surface area contributed by atoms with Gasteiger partial charge in [0.05, 0.1) is 10.6 Å². The highest BCUT2D eigenvalue weighted by molar-refractivity contribution is 14.0. The van der Waals surface area contributed by atoms with Crippen molar-refractivity contribution in [2.24, 2.45) is 4.99 Å². The first kappa shape index (κ1) is 25.2. The van der Waals surface area contributed by atoms with Gasteiger partial charge in [0, 0.05) is 50.4 Å². The van der Waals surface area contributed by atoms with E-state index in [2.05, 4.69) is 27.2 Å². The number of aliphatic imine (C=N–C) groups is 1. The van der Waals surface area contributed by atoms with Gasteiger partial charge in [-0.2, -0.15) is 24.9 Å². The van der Waals surface area contributed by atoms with E-state index in [1.165, 1.54) is 0 Å². The summed E-state index contributed by atoms with van der Waals surface area (Å²) in [6.07, 6.45) is -0.952. The minimum atomic E-state index is -4.45. The fraction of sp³-hybridized carbons (Fsp3) is 0.529. The van der Waals surface area contributed by atoms with Crippen LogP contribution in [-0.2, 0) is 6.18 Å². The molecule has 1 aromatic rings. The standard InChI is InChI=1S/C17H23ClF3N5S.HI/c1-3-7-27-8-5-23-16(22-2)25-13-4-6-26(11-13)15-14(18)9-12(10-24-15)17(19,20)21;/h3,9-10,13H,1,4-8,11H2,2H3,(H2,22,23,25);1H. The van der Waals surface area contributed by atoms with Gasteiger partial charge in [0.25, 0.3) is 0 Å². The van der Waals surface area contributed by atoms with Crippen LogP contribution in [0.15, 0.2) is 29.9 Å². The van der Waals surface area contributed by atoms with Crippen LogP contribution in [0.2, 0.25) is 5.02 Å². The number of pyridine rings is 1. The summed E-state index contributed by atoms with van der Waals surface area (Å²) in [6, 6.07) is 1.03. The lowest BCUT2D eigenvalue weighted by atomic mass is 10.2. The molecule has 0 saturated carbocycles. The quantitative estimate of drug-likeness (QED) is 0.177. The van der Waals surface area contributed by atoms with Crippen molar-refractivity contribution in [1.82, 2.24) is 15.6 Å². The molecule has 1 saturated heterocycles. The van der Waals surface area contributed by atoms with Crippen LogP contribution >= 0.6 is 47.3 Å². The Hall–Kier alpha value is -0.880. The van der Waals surface area contributed by atoms with Crippen molar-refractivity contribution in [1.29, 1.82) is 0 Å². The molecule has 0 amide bonds. The maximum absolute atomic E-state index is 12.7. The van der Waals surface area contributed by atoms with Gasteiger partial charge in [-0.25, -0.2) is 4.98 Å². The normalized spacial score (nSPS) is 17.2. The molecule has 0 radical (unpaired) electrons. The van der Waals surface area contributed by atoms with Gasteiger partial charge in [0.15, 0.2) is 5.96 Å². The average molecular weight is 550 g/mol. The third-order valence-corrected chi connectivity index (χ3v) is 5.22. The van der Waals surface area contributed by atoms with Gasteiger partial charge in [0.2, 0.25) is 0 Å². The number of aromatic nitrogens is 1. The molecule has 28 heavy (non-hydrogen) atoms. The zero-order valence-electron chi connectivity index (χ0n) is 15.4. The number of hydrogen-bond donors (Lipinski definition) is 2.